The molecule has 0 bridgehead atoms. The van der Waals surface area contributed by atoms with Crippen molar-refractivity contribution in [3.8, 4) is 5.75 Å². The molecule has 20 heavy (non-hydrogen) atoms. The first-order chi connectivity index (χ1) is 9.61. The van der Waals surface area contributed by atoms with Gasteiger partial charge in [-0.15, -0.1) is 0 Å². The van der Waals surface area contributed by atoms with Gasteiger partial charge in [-0.2, -0.15) is 0 Å². The normalized spacial score (nSPS) is 12.2. The Morgan fingerprint density at radius 2 is 1.60 bits per heavy atom. The molecule has 0 aliphatic rings. The van der Waals surface area contributed by atoms with Crippen LogP contribution in [-0.2, 0) is 0 Å². The third kappa shape index (κ3) is 3.40. The lowest BCUT2D eigenvalue weighted by Gasteiger charge is -2.21. The Hall–Kier alpha value is -1.80. The van der Waals surface area contributed by atoms with Crippen LogP contribution in [0.25, 0.3) is 0 Å². The van der Waals surface area contributed by atoms with E-state index in [1.54, 1.807) is 0 Å². The van der Waals surface area contributed by atoms with E-state index in [0.29, 0.717) is 6.54 Å². The van der Waals surface area contributed by atoms with Crippen molar-refractivity contribution in [2.45, 2.75) is 33.3 Å². The van der Waals surface area contributed by atoms with Crippen LogP contribution >= 0.6 is 0 Å². The maximum atomic E-state index is 6.23. The molecule has 0 radical (unpaired) electrons. The van der Waals surface area contributed by atoms with Crippen molar-refractivity contribution in [1.82, 2.24) is 0 Å². The molecule has 0 spiro atoms. The molecule has 2 rings (SSSR count). The van der Waals surface area contributed by atoms with Crippen molar-refractivity contribution >= 4 is 0 Å². The summed E-state index contributed by atoms with van der Waals surface area (Å²) >= 11 is 0. The van der Waals surface area contributed by atoms with Crippen molar-refractivity contribution in [3.05, 3.63) is 64.7 Å². The van der Waals surface area contributed by atoms with Crippen LogP contribution in [0.2, 0.25) is 0 Å². The summed E-state index contributed by atoms with van der Waals surface area (Å²) in [7, 11) is 0. The average molecular weight is 269 g/mol. The second-order valence-electron chi connectivity index (χ2n) is 5.30. The summed E-state index contributed by atoms with van der Waals surface area (Å²) in [5.41, 5.74) is 10.6. The van der Waals surface area contributed by atoms with Crippen LogP contribution in [0.1, 0.15) is 34.8 Å². The van der Waals surface area contributed by atoms with Crippen molar-refractivity contribution in [2.75, 3.05) is 6.54 Å². The van der Waals surface area contributed by atoms with Gasteiger partial charge in [0.1, 0.15) is 11.9 Å². The maximum absolute atomic E-state index is 6.23. The molecule has 2 heteroatoms. The Morgan fingerprint density at radius 1 is 0.950 bits per heavy atom. The monoisotopic (exact) mass is 269 g/mol. The first-order valence-corrected chi connectivity index (χ1v) is 7.11. The Kier molecular flexibility index (Phi) is 4.80. The highest BCUT2D eigenvalue weighted by atomic mass is 16.5. The lowest BCUT2D eigenvalue weighted by Crippen LogP contribution is -2.13. The van der Waals surface area contributed by atoms with Crippen molar-refractivity contribution in [3.63, 3.8) is 0 Å². The first kappa shape index (κ1) is 14.6. The Morgan fingerprint density at radius 3 is 2.25 bits per heavy atom. The lowest BCUT2D eigenvalue weighted by molar-refractivity contribution is 0.196. The minimum absolute atomic E-state index is 0.0157. The molecule has 0 saturated carbocycles. The highest BCUT2D eigenvalue weighted by Gasteiger charge is 2.14. The van der Waals surface area contributed by atoms with Gasteiger partial charge in [0.25, 0.3) is 0 Å². The van der Waals surface area contributed by atoms with Gasteiger partial charge < -0.3 is 10.5 Å². The van der Waals surface area contributed by atoms with Crippen LogP contribution in [0.4, 0.5) is 0 Å². The molecule has 106 valence electrons. The largest absolute Gasteiger partial charge is 0.485 e. The van der Waals surface area contributed by atoms with Gasteiger partial charge in [-0.05, 0) is 55.6 Å². The lowest BCUT2D eigenvalue weighted by atomic mass is 10.0. The van der Waals surface area contributed by atoms with Crippen LogP contribution in [-0.4, -0.2) is 6.54 Å². The predicted molar refractivity (Wildman–Crippen MR) is 84.1 cm³/mol. The second kappa shape index (κ2) is 6.58. The van der Waals surface area contributed by atoms with Gasteiger partial charge in [0.05, 0.1) is 0 Å². The van der Waals surface area contributed by atoms with Gasteiger partial charge in [-0.25, -0.2) is 0 Å². The maximum Gasteiger partial charge on any atom is 0.125 e. The highest BCUT2D eigenvalue weighted by Crippen LogP contribution is 2.29. The minimum atomic E-state index is 0.0157. The molecule has 0 saturated heterocycles. The molecule has 2 aromatic carbocycles. The van der Waals surface area contributed by atoms with Gasteiger partial charge in [-0.1, -0.05) is 36.4 Å². The number of aryl methyl sites for hydroxylation is 3. The van der Waals surface area contributed by atoms with E-state index < -0.39 is 0 Å². The quantitative estimate of drug-likeness (QED) is 0.887. The molecular weight excluding hydrogens is 246 g/mol. The number of nitrogens with two attached hydrogens (primary N) is 1. The standard InChI is InChI=1S/C18H23NO/c1-13-11-15(3)18(12-14(13)2)20-17(9-10-19)16-7-5-4-6-8-16/h4-8,11-12,17H,9-10,19H2,1-3H3. The third-order valence-corrected chi connectivity index (χ3v) is 3.66. The molecule has 0 amide bonds. The summed E-state index contributed by atoms with van der Waals surface area (Å²) < 4.78 is 6.23. The number of ether oxygens (including phenoxy) is 1. The zero-order chi connectivity index (χ0) is 14.5. The summed E-state index contributed by atoms with van der Waals surface area (Å²) in [5.74, 6) is 0.954. The van der Waals surface area contributed by atoms with Crippen molar-refractivity contribution in [1.29, 1.82) is 0 Å². The molecule has 0 fully saturated rings. The molecule has 2 aromatic rings. The van der Waals surface area contributed by atoms with E-state index in [1.807, 2.05) is 18.2 Å². The number of hydrogen-bond acceptors (Lipinski definition) is 2. The number of benzene rings is 2. The fourth-order valence-corrected chi connectivity index (χ4v) is 2.33. The fourth-order valence-electron chi connectivity index (χ4n) is 2.33. The molecule has 2 N–H and O–H groups in total. The summed E-state index contributed by atoms with van der Waals surface area (Å²) in [6.45, 7) is 6.94. The molecule has 1 unspecified atom stereocenters. The predicted octanol–water partition coefficient (Wildman–Crippen LogP) is 4.08. The highest BCUT2D eigenvalue weighted by molar-refractivity contribution is 5.41. The van der Waals surface area contributed by atoms with Gasteiger partial charge in [0.2, 0.25) is 0 Å². The molecular formula is C18H23NO. The van der Waals surface area contributed by atoms with Gasteiger partial charge >= 0.3 is 0 Å². The Balaban J connectivity index is 2.27. The van der Waals surface area contributed by atoms with Crippen molar-refractivity contribution < 1.29 is 4.74 Å². The molecule has 0 aliphatic heterocycles. The second-order valence-corrected chi connectivity index (χ2v) is 5.30. The average Bonchev–Trinajstić information content (AvgIpc) is 2.45. The van der Waals surface area contributed by atoms with Crippen LogP contribution in [0.15, 0.2) is 42.5 Å². The third-order valence-electron chi connectivity index (χ3n) is 3.66. The number of hydrogen-bond donors (Lipinski definition) is 1. The van der Waals surface area contributed by atoms with E-state index in [4.69, 9.17) is 10.5 Å². The van der Waals surface area contributed by atoms with Crippen molar-refractivity contribution in [2.24, 2.45) is 5.73 Å². The van der Waals surface area contributed by atoms with E-state index in [1.165, 1.54) is 22.3 Å². The summed E-state index contributed by atoms with van der Waals surface area (Å²) in [6, 6.07) is 14.6. The SMILES string of the molecule is Cc1cc(C)c(OC(CCN)c2ccccc2)cc1C. The molecule has 2 nitrogen and oxygen atoms in total. The topological polar surface area (TPSA) is 35.2 Å². The summed E-state index contributed by atoms with van der Waals surface area (Å²) in [6.07, 6.45) is 0.832. The summed E-state index contributed by atoms with van der Waals surface area (Å²) in [5, 5.41) is 0. The molecule has 0 heterocycles. The molecule has 0 aromatic heterocycles. The van der Waals surface area contributed by atoms with E-state index in [9.17, 15) is 0 Å². The van der Waals surface area contributed by atoms with E-state index >= 15 is 0 Å². The van der Waals surface area contributed by atoms with E-state index in [0.717, 1.165) is 12.2 Å². The smallest absolute Gasteiger partial charge is 0.125 e. The Bertz CT molecular complexity index is 563. The van der Waals surface area contributed by atoms with Crippen LogP contribution in [0.5, 0.6) is 5.75 Å². The van der Waals surface area contributed by atoms with Gasteiger partial charge in [0, 0.05) is 6.42 Å². The summed E-state index contributed by atoms with van der Waals surface area (Å²) in [4.78, 5) is 0. The van der Waals surface area contributed by atoms with Crippen LogP contribution in [0, 0.1) is 20.8 Å². The van der Waals surface area contributed by atoms with Gasteiger partial charge in [0.15, 0.2) is 0 Å². The van der Waals surface area contributed by atoms with Crippen LogP contribution < -0.4 is 10.5 Å². The fraction of sp³-hybridized carbons (Fsp3) is 0.333. The Labute approximate surface area is 121 Å². The van der Waals surface area contributed by atoms with Gasteiger partial charge in [-0.3, -0.25) is 0 Å². The zero-order valence-electron chi connectivity index (χ0n) is 12.5. The number of rotatable bonds is 5. The zero-order valence-corrected chi connectivity index (χ0v) is 12.5. The minimum Gasteiger partial charge on any atom is -0.485 e. The molecule has 1 atom stereocenters. The van der Waals surface area contributed by atoms with E-state index in [-0.39, 0.29) is 6.10 Å². The van der Waals surface area contributed by atoms with E-state index in [2.05, 4.69) is 45.0 Å². The first-order valence-electron chi connectivity index (χ1n) is 7.11. The van der Waals surface area contributed by atoms with Crippen LogP contribution in [0.3, 0.4) is 0 Å². The molecule has 0 aliphatic carbocycles.